The number of thioether (sulfide) groups is 1. The summed E-state index contributed by atoms with van der Waals surface area (Å²) >= 11 is 1.97. The van der Waals surface area contributed by atoms with Crippen LogP contribution in [0.5, 0.6) is 0 Å². The Hall–Kier alpha value is -0.550. The molecule has 0 fully saturated rings. The molecule has 0 radical (unpaired) electrons. The topological polar surface area (TPSA) is 42.7 Å². The van der Waals surface area contributed by atoms with Crippen molar-refractivity contribution in [3.8, 4) is 0 Å². The van der Waals surface area contributed by atoms with Crippen molar-refractivity contribution in [3.63, 3.8) is 0 Å². The van der Waals surface area contributed by atoms with E-state index in [4.69, 9.17) is 0 Å². The molecule has 0 amide bonds. The highest BCUT2D eigenvalue weighted by Crippen LogP contribution is 2.02. The maximum Gasteiger partial charge on any atom is 0.164 e. The van der Waals surface area contributed by atoms with Crippen LogP contribution in [0, 0.1) is 0 Å². The van der Waals surface area contributed by atoms with Gasteiger partial charge in [-0.3, -0.25) is 4.68 Å². The molecule has 0 saturated carbocycles. The van der Waals surface area contributed by atoms with Crippen molar-refractivity contribution in [3.05, 3.63) is 12.2 Å². The van der Waals surface area contributed by atoms with Gasteiger partial charge in [0.1, 0.15) is 6.33 Å². The Morgan fingerprint density at radius 3 is 3.14 bits per heavy atom. The van der Waals surface area contributed by atoms with Gasteiger partial charge in [-0.05, 0) is 25.0 Å². The van der Waals surface area contributed by atoms with Crippen LogP contribution in [0.25, 0.3) is 0 Å². The summed E-state index contributed by atoms with van der Waals surface area (Å²) in [6, 6.07) is 0. The van der Waals surface area contributed by atoms with Crippen LogP contribution in [-0.4, -0.2) is 33.3 Å². The molecule has 4 nitrogen and oxygen atoms in total. The van der Waals surface area contributed by atoms with Crippen LogP contribution in [0.1, 0.15) is 19.2 Å². The second-order valence-corrected chi connectivity index (χ2v) is 4.40. The molecule has 80 valence electrons. The van der Waals surface area contributed by atoms with E-state index >= 15 is 0 Å². The molecule has 0 aliphatic carbocycles. The maximum absolute atomic E-state index is 4.33. The molecule has 0 aromatic carbocycles. The van der Waals surface area contributed by atoms with E-state index in [1.165, 1.54) is 17.9 Å². The van der Waals surface area contributed by atoms with Crippen LogP contribution in [0.3, 0.4) is 0 Å². The van der Waals surface area contributed by atoms with Gasteiger partial charge in [-0.15, -0.1) is 0 Å². The number of hydrogen-bond donors (Lipinski definition) is 1. The minimum Gasteiger partial charge on any atom is -0.313 e. The van der Waals surface area contributed by atoms with Gasteiger partial charge in [0.2, 0.25) is 0 Å². The molecule has 0 atom stereocenters. The summed E-state index contributed by atoms with van der Waals surface area (Å²) < 4.78 is 1.92. The number of rotatable bonds is 7. The average molecular weight is 214 g/mol. The van der Waals surface area contributed by atoms with E-state index in [0.29, 0.717) is 0 Å². The van der Waals surface area contributed by atoms with Crippen LogP contribution in [0.15, 0.2) is 6.33 Å². The third-order valence-electron chi connectivity index (χ3n) is 1.80. The first-order valence-electron chi connectivity index (χ1n) is 4.97. The van der Waals surface area contributed by atoms with Gasteiger partial charge in [-0.2, -0.15) is 16.9 Å². The molecular weight excluding hydrogens is 196 g/mol. The first kappa shape index (κ1) is 11.5. The molecule has 1 heterocycles. The molecule has 5 heteroatoms. The lowest BCUT2D eigenvalue weighted by Crippen LogP contribution is -2.08. The molecule has 1 rings (SSSR count). The fraction of sp³-hybridized carbons (Fsp3) is 0.778. The molecule has 14 heavy (non-hydrogen) atoms. The van der Waals surface area contributed by atoms with Crippen molar-refractivity contribution in [2.24, 2.45) is 0 Å². The molecule has 1 aromatic rings. The quantitative estimate of drug-likeness (QED) is 0.691. The molecule has 0 saturated heterocycles. The lowest BCUT2D eigenvalue weighted by Gasteiger charge is -1.99. The highest BCUT2D eigenvalue weighted by Gasteiger charge is 1.98. The van der Waals surface area contributed by atoms with Gasteiger partial charge in [0.05, 0.1) is 6.54 Å². The van der Waals surface area contributed by atoms with Crippen molar-refractivity contribution in [1.29, 1.82) is 0 Å². The van der Waals surface area contributed by atoms with Crippen LogP contribution < -0.4 is 5.32 Å². The first-order chi connectivity index (χ1) is 6.86. The smallest absolute Gasteiger partial charge is 0.164 e. The zero-order valence-corrected chi connectivity index (χ0v) is 9.68. The third kappa shape index (κ3) is 4.11. The summed E-state index contributed by atoms with van der Waals surface area (Å²) in [7, 11) is 1.90. The Labute approximate surface area is 89.5 Å². The van der Waals surface area contributed by atoms with Crippen molar-refractivity contribution in [2.45, 2.75) is 26.4 Å². The Balaban J connectivity index is 2.22. The van der Waals surface area contributed by atoms with Crippen LogP contribution in [0.4, 0.5) is 0 Å². The first-order valence-corrected chi connectivity index (χ1v) is 6.13. The summed E-state index contributed by atoms with van der Waals surface area (Å²) in [5.41, 5.74) is 0. The normalized spacial score (nSPS) is 10.7. The zero-order chi connectivity index (χ0) is 10.2. The van der Waals surface area contributed by atoms with E-state index in [-0.39, 0.29) is 0 Å². The summed E-state index contributed by atoms with van der Waals surface area (Å²) in [6.45, 7) is 3.91. The second-order valence-electron chi connectivity index (χ2n) is 3.00. The summed E-state index contributed by atoms with van der Waals surface area (Å²) in [6.07, 6.45) is 2.98. The number of nitrogens with zero attached hydrogens (tertiary/aromatic N) is 3. The summed E-state index contributed by atoms with van der Waals surface area (Å²) in [5, 5.41) is 7.36. The molecule has 0 aliphatic rings. The Morgan fingerprint density at radius 2 is 2.43 bits per heavy atom. The second kappa shape index (κ2) is 6.84. The van der Waals surface area contributed by atoms with Crippen molar-refractivity contribution in [1.82, 2.24) is 20.1 Å². The largest absolute Gasteiger partial charge is 0.313 e. The van der Waals surface area contributed by atoms with Crippen LogP contribution in [0.2, 0.25) is 0 Å². The Morgan fingerprint density at radius 1 is 1.57 bits per heavy atom. The van der Waals surface area contributed by atoms with E-state index in [0.717, 1.165) is 18.9 Å². The maximum atomic E-state index is 4.33. The summed E-state index contributed by atoms with van der Waals surface area (Å²) in [5.74, 6) is 3.27. The summed E-state index contributed by atoms with van der Waals surface area (Å²) in [4.78, 5) is 4.19. The number of nitrogens with one attached hydrogen (secondary N) is 1. The molecule has 0 unspecified atom stereocenters. The fourth-order valence-electron chi connectivity index (χ4n) is 1.15. The molecule has 0 bridgehead atoms. The molecular formula is C9H18N4S. The van der Waals surface area contributed by atoms with E-state index in [1.807, 2.05) is 29.8 Å². The average Bonchev–Trinajstić information content (AvgIpc) is 2.61. The van der Waals surface area contributed by atoms with Gasteiger partial charge in [0, 0.05) is 6.54 Å². The Bertz CT molecular complexity index is 249. The SMILES string of the molecule is CCSCCCn1cnc(CNC)n1. The van der Waals surface area contributed by atoms with Gasteiger partial charge < -0.3 is 5.32 Å². The van der Waals surface area contributed by atoms with Gasteiger partial charge in [0.15, 0.2) is 5.82 Å². The number of aryl methyl sites for hydroxylation is 1. The monoisotopic (exact) mass is 214 g/mol. The lowest BCUT2D eigenvalue weighted by atomic mass is 10.5. The van der Waals surface area contributed by atoms with E-state index < -0.39 is 0 Å². The number of hydrogen-bond acceptors (Lipinski definition) is 4. The van der Waals surface area contributed by atoms with Crippen LogP contribution in [-0.2, 0) is 13.1 Å². The molecule has 0 aliphatic heterocycles. The van der Waals surface area contributed by atoms with Gasteiger partial charge in [-0.1, -0.05) is 6.92 Å². The van der Waals surface area contributed by atoms with Crippen molar-refractivity contribution in [2.75, 3.05) is 18.6 Å². The third-order valence-corrected chi connectivity index (χ3v) is 2.78. The van der Waals surface area contributed by atoms with E-state index in [2.05, 4.69) is 22.3 Å². The molecule has 1 N–H and O–H groups in total. The van der Waals surface area contributed by atoms with Crippen LogP contribution >= 0.6 is 11.8 Å². The van der Waals surface area contributed by atoms with Crippen molar-refractivity contribution >= 4 is 11.8 Å². The highest BCUT2D eigenvalue weighted by molar-refractivity contribution is 7.99. The van der Waals surface area contributed by atoms with E-state index in [9.17, 15) is 0 Å². The minimum absolute atomic E-state index is 0.747. The van der Waals surface area contributed by atoms with Gasteiger partial charge in [0.25, 0.3) is 0 Å². The van der Waals surface area contributed by atoms with Crippen molar-refractivity contribution < 1.29 is 0 Å². The lowest BCUT2D eigenvalue weighted by molar-refractivity contribution is 0.592. The zero-order valence-electron chi connectivity index (χ0n) is 8.86. The minimum atomic E-state index is 0.747. The standard InChI is InChI=1S/C9H18N4S/c1-3-14-6-4-5-13-8-11-9(12-13)7-10-2/h8,10H,3-7H2,1-2H3. The number of aromatic nitrogens is 3. The fourth-order valence-corrected chi connectivity index (χ4v) is 1.77. The Kier molecular flexibility index (Phi) is 5.63. The highest BCUT2D eigenvalue weighted by atomic mass is 32.2. The van der Waals surface area contributed by atoms with Gasteiger partial charge >= 0.3 is 0 Å². The molecule has 0 spiro atoms. The molecule has 1 aromatic heterocycles. The van der Waals surface area contributed by atoms with E-state index in [1.54, 1.807) is 0 Å². The van der Waals surface area contributed by atoms with Gasteiger partial charge in [-0.25, -0.2) is 4.98 Å². The predicted octanol–water partition coefficient (Wildman–Crippen LogP) is 1.14. The predicted molar refractivity (Wildman–Crippen MR) is 60.4 cm³/mol.